The van der Waals surface area contributed by atoms with Gasteiger partial charge in [-0.15, -0.1) is 5.10 Å². The molecule has 128 valence electrons. The summed E-state index contributed by atoms with van der Waals surface area (Å²) in [6, 6.07) is 19.2. The van der Waals surface area contributed by atoms with Crippen LogP contribution in [0.3, 0.4) is 0 Å². The monoisotopic (exact) mass is 332 g/mol. The molecule has 0 radical (unpaired) electrons. The number of hydrogen-bond donors (Lipinski definition) is 0. The van der Waals surface area contributed by atoms with Crippen LogP contribution in [0.1, 0.15) is 29.5 Å². The topological polar surface area (TPSA) is 40.3 Å². The van der Waals surface area contributed by atoms with E-state index in [0.29, 0.717) is 5.92 Å². The van der Waals surface area contributed by atoms with E-state index in [1.165, 1.54) is 16.7 Å². The third-order valence-corrected chi connectivity index (χ3v) is 5.55. The van der Waals surface area contributed by atoms with Gasteiger partial charge in [-0.05, 0) is 60.7 Å². The molecule has 2 aromatic carbocycles. The van der Waals surface area contributed by atoms with Gasteiger partial charge in [0.15, 0.2) is 0 Å². The van der Waals surface area contributed by atoms with Gasteiger partial charge >= 0.3 is 0 Å². The minimum atomic E-state index is -0.371. The Bertz CT molecular complexity index is 761. The van der Waals surface area contributed by atoms with Gasteiger partial charge in [-0.25, -0.2) is 0 Å². The van der Waals surface area contributed by atoms with E-state index in [9.17, 15) is 0 Å². The second kappa shape index (κ2) is 6.89. The quantitative estimate of drug-likeness (QED) is 0.809. The molecule has 2 aromatic rings. The van der Waals surface area contributed by atoms with Gasteiger partial charge < -0.3 is 0 Å². The molecule has 25 heavy (non-hydrogen) atoms. The predicted octanol–water partition coefficient (Wildman–Crippen LogP) is 4.55. The van der Waals surface area contributed by atoms with Crippen LogP contribution >= 0.6 is 0 Å². The third kappa shape index (κ3) is 3.14. The van der Waals surface area contributed by atoms with Crippen molar-refractivity contribution in [1.82, 2.24) is 4.90 Å². The first-order valence-electron chi connectivity index (χ1n) is 9.07. The number of rotatable bonds is 4. The highest BCUT2D eigenvalue weighted by Crippen LogP contribution is 2.42. The lowest BCUT2D eigenvalue weighted by atomic mass is 9.73. The van der Waals surface area contributed by atoms with Gasteiger partial charge in [0, 0.05) is 6.54 Å². The van der Waals surface area contributed by atoms with Crippen LogP contribution in [0.5, 0.6) is 0 Å². The fourth-order valence-corrected chi connectivity index (χ4v) is 4.16. The zero-order valence-corrected chi connectivity index (χ0v) is 14.7. The van der Waals surface area contributed by atoms with Crippen molar-refractivity contribution >= 4 is 6.21 Å². The molecule has 1 unspecified atom stereocenters. The van der Waals surface area contributed by atoms with E-state index in [2.05, 4.69) is 81.9 Å². The Hall–Kier alpha value is -2.33. The van der Waals surface area contributed by atoms with Crippen molar-refractivity contribution in [3.05, 3.63) is 71.3 Å². The summed E-state index contributed by atoms with van der Waals surface area (Å²) in [4.78, 5) is 2.54. The lowest BCUT2D eigenvalue weighted by Crippen LogP contribution is -2.42. The molecular weight excluding hydrogens is 308 g/mol. The summed E-state index contributed by atoms with van der Waals surface area (Å²) in [6.07, 6.45) is 4.20. The molecule has 0 amide bonds. The minimum Gasteiger partial charge on any atom is -0.299 e. The highest BCUT2D eigenvalue weighted by Gasteiger charge is 2.43. The highest BCUT2D eigenvalue weighted by atomic mass is 15.4. The van der Waals surface area contributed by atoms with Gasteiger partial charge in [-0.1, -0.05) is 54.6 Å². The van der Waals surface area contributed by atoms with Gasteiger partial charge in [-0.3, -0.25) is 4.90 Å². The van der Waals surface area contributed by atoms with E-state index in [0.717, 1.165) is 32.5 Å². The molecule has 2 heterocycles. The van der Waals surface area contributed by atoms with Crippen LogP contribution in [0.4, 0.5) is 0 Å². The highest BCUT2D eigenvalue weighted by molar-refractivity contribution is 5.75. The largest absolute Gasteiger partial charge is 0.299 e. The van der Waals surface area contributed by atoms with Crippen molar-refractivity contribution < 1.29 is 0 Å². The Labute approximate surface area is 149 Å². The molecule has 4 nitrogen and oxygen atoms in total. The summed E-state index contributed by atoms with van der Waals surface area (Å²) >= 11 is 0. The Kier molecular flexibility index (Phi) is 4.45. The van der Waals surface area contributed by atoms with Gasteiger partial charge in [-0.2, -0.15) is 5.11 Å². The maximum Gasteiger partial charge on any atom is 0.149 e. The van der Waals surface area contributed by atoms with Crippen LogP contribution < -0.4 is 0 Å². The molecule has 4 rings (SSSR count). The van der Waals surface area contributed by atoms with Gasteiger partial charge in [0.1, 0.15) is 5.54 Å². The molecule has 0 aliphatic carbocycles. The smallest absolute Gasteiger partial charge is 0.149 e. The first-order valence-corrected chi connectivity index (χ1v) is 9.07. The van der Waals surface area contributed by atoms with Gasteiger partial charge in [0.25, 0.3) is 0 Å². The summed E-state index contributed by atoms with van der Waals surface area (Å²) < 4.78 is 0. The fourth-order valence-electron chi connectivity index (χ4n) is 4.16. The number of aryl methyl sites for hydroxylation is 1. The van der Waals surface area contributed by atoms with Crippen LogP contribution in [0, 0.1) is 12.8 Å². The van der Waals surface area contributed by atoms with Crippen molar-refractivity contribution in [1.29, 1.82) is 0 Å². The van der Waals surface area contributed by atoms with E-state index >= 15 is 0 Å². The number of benzene rings is 2. The molecule has 0 saturated carbocycles. The summed E-state index contributed by atoms with van der Waals surface area (Å²) in [5.41, 5.74) is 3.53. The second-order valence-corrected chi connectivity index (χ2v) is 7.11. The first kappa shape index (κ1) is 16.2. The average molecular weight is 332 g/mol. The summed E-state index contributed by atoms with van der Waals surface area (Å²) in [5.74, 6) is 0.454. The molecular formula is C21H24N4. The maximum absolute atomic E-state index is 4.62. The van der Waals surface area contributed by atoms with Crippen LogP contribution in [0.2, 0.25) is 0 Å². The molecule has 0 spiro atoms. The van der Waals surface area contributed by atoms with E-state index in [4.69, 9.17) is 0 Å². The van der Waals surface area contributed by atoms with Crippen molar-refractivity contribution in [2.75, 3.05) is 13.1 Å². The summed E-state index contributed by atoms with van der Waals surface area (Å²) in [7, 11) is 0. The Morgan fingerprint density at radius 1 is 1.00 bits per heavy atom. The van der Waals surface area contributed by atoms with E-state index in [-0.39, 0.29) is 5.54 Å². The van der Waals surface area contributed by atoms with Gasteiger partial charge in [0.05, 0.1) is 6.21 Å². The standard InChI is InChI=1S/C21H24N4/c1-17-7-5-6-10-20(17)21(16-22-24-23-21)19-11-13-25(14-12-19)15-18-8-3-2-4-9-18/h2-10,16,19H,11-15H2,1H3. The molecule has 4 heteroatoms. The Morgan fingerprint density at radius 2 is 1.72 bits per heavy atom. The van der Waals surface area contributed by atoms with E-state index in [1.54, 1.807) is 0 Å². The van der Waals surface area contributed by atoms with Crippen LogP contribution in [-0.4, -0.2) is 24.2 Å². The lowest BCUT2D eigenvalue weighted by molar-refractivity contribution is 0.149. The Balaban J connectivity index is 1.50. The zero-order valence-electron chi connectivity index (χ0n) is 14.7. The number of nitrogens with zero attached hydrogens (tertiary/aromatic N) is 4. The number of piperidine rings is 1. The Morgan fingerprint density at radius 3 is 2.40 bits per heavy atom. The molecule has 2 aliphatic heterocycles. The molecule has 0 aromatic heterocycles. The molecule has 0 bridgehead atoms. The molecule has 2 aliphatic rings. The first-order chi connectivity index (χ1) is 12.3. The van der Waals surface area contributed by atoms with Crippen LogP contribution in [0.25, 0.3) is 0 Å². The van der Waals surface area contributed by atoms with Crippen LogP contribution in [0.15, 0.2) is 70.0 Å². The summed E-state index contributed by atoms with van der Waals surface area (Å²) in [6.45, 7) is 5.37. The van der Waals surface area contributed by atoms with Crippen molar-refractivity contribution in [2.45, 2.75) is 31.8 Å². The molecule has 1 saturated heterocycles. The fraction of sp³-hybridized carbons (Fsp3) is 0.381. The number of likely N-dealkylation sites (tertiary alicyclic amines) is 1. The van der Waals surface area contributed by atoms with Crippen molar-refractivity contribution in [2.24, 2.45) is 21.4 Å². The third-order valence-electron chi connectivity index (χ3n) is 5.55. The second-order valence-electron chi connectivity index (χ2n) is 7.11. The molecule has 1 atom stereocenters. The maximum atomic E-state index is 4.62. The average Bonchev–Trinajstić information content (AvgIpc) is 3.14. The van der Waals surface area contributed by atoms with Gasteiger partial charge in [0.2, 0.25) is 0 Å². The van der Waals surface area contributed by atoms with E-state index in [1.807, 2.05) is 6.21 Å². The van der Waals surface area contributed by atoms with Crippen molar-refractivity contribution in [3.63, 3.8) is 0 Å². The normalized spacial score (nSPS) is 24.0. The minimum absolute atomic E-state index is 0.371. The summed E-state index contributed by atoms with van der Waals surface area (Å²) in [5, 5.41) is 12.7. The molecule has 0 N–H and O–H groups in total. The van der Waals surface area contributed by atoms with Crippen LogP contribution in [-0.2, 0) is 12.1 Å². The SMILES string of the molecule is Cc1ccccc1C1(C2CCN(Cc3ccccc3)CC2)C=NN=N1. The van der Waals surface area contributed by atoms with E-state index < -0.39 is 0 Å². The zero-order chi connectivity index (χ0) is 17.1. The number of hydrogen-bond acceptors (Lipinski definition) is 4. The van der Waals surface area contributed by atoms with Crippen molar-refractivity contribution in [3.8, 4) is 0 Å². The predicted molar refractivity (Wildman–Crippen MR) is 101 cm³/mol. The lowest BCUT2D eigenvalue weighted by Gasteiger charge is -2.39. The molecule has 1 fully saturated rings.